The van der Waals surface area contributed by atoms with Crippen LogP contribution in [0.2, 0.25) is 0 Å². The Hall–Kier alpha value is -1.42. The average Bonchev–Trinajstić information content (AvgIpc) is 2.74. The lowest BCUT2D eigenvalue weighted by Gasteiger charge is -2.12. The summed E-state index contributed by atoms with van der Waals surface area (Å²) >= 11 is 1.43. The van der Waals surface area contributed by atoms with Gasteiger partial charge in [0, 0.05) is 23.5 Å². The Morgan fingerprint density at radius 1 is 1.28 bits per heavy atom. The summed E-state index contributed by atoms with van der Waals surface area (Å²) in [5.41, 5.74) is 2.56. The molecule has 3 nitrogen and oxygen atoms in total. The summed E-state index contributed by atoms with van der Waals surface area (Å²) < 4.78 is 4.39. The quantitative estimate of drug-likeness (QED) is 0.914. The zero-order chi connectivity index (χ0) is 13.2. The van der Waals surface area contributed by atoms with Crippen molar-refractivity contribution in [2.45, 2.75) is 39.7 Å². The summed E-state index contributed by atoms with van der Waals surface area (Å²) in [6.45, 7) is 9.27. The third-order valence-corrected chi connectivity index (χ3v) is 3.30. The first-order chi connectivity index (χ1) is 8.45. The first kappa shape index (κ1) is 13.0. The zero-order valence-corrected chi connectivity index (χ0v) is 12.1. The molecule has 0 aliphatic rings. The number of nitrogens with one attached hydrogen (secondary N) is 1. The minimum atomic E-state index is 0.0137. The Morgan fingerprint density at radius 3 is 2.67 bits per heavy atom. The predicted octanol–water partition coefficient (Wildman–Crippen LogP) is 3.76. The molecule has 2 aromatic rings. The number of rotatable bonds is 3. The number of aryl methyl sites for hydroxylation is 1. The maximum atomic E-state index is 4.52. The van der Waals surface area contributed by atoms with Gasteiger partial charge in [0.05, 0.1) is 0 Å². The average molecular weight is 261 g/mol. The van der Waals surface area contributed by atoms with Crippen molar-refractivity contribution in [3.8, 4) is 0 Å². The van der Waals surface area contributed by atoms with E-state index in [0.29, 0.717) is 0 Å². The maximum absolute atomic E-state index is 4.52. The Bertz CT molecular complexity index is 526. The fourth-order valence-corrected chi connectivity index (χ4v) is 2.35. The van der Waals surface area contributed by atoms with E-state index in [0.717, 1.165) is 17.5 Å². The molecule has 18 heavy (non-hydrogen) atoms. The Morgan fingerprint density at radius 2 is 2.06 bits per heavy atom. The first-order valence-corrected chi connectivity index (χ1v) is 6.86. The largest absolute Gasteiger partial charge is 0.356 e. The summed E-state index contributed by atoms with van der Waals surface area (Å²) in [4.78, 5) is 4.52. The smallest absolute Gasteiger partial charge is 0.202 e. The molecule has 0 saturated heterocycles. The highest BCUT2D eigenvalue weighted by molar-refractivity contribution is 7.09. The van der Waals surface area contributed by atoms with Crippen LogP contribution in [0.1, 0.15) is 37.7 Å². The van der Waals surface area contributed by atoms with Crippen LogP contribution in [-0.2, 0) is 12.0 Å². The molecular formula is C14H19N3S. The molecule has 4 heteroatoms. The van der Waals surface area contributed by atoms with Crippen LogP contribution in [0.25, 0.3) is 0 Å². The molecule has 0 atom stereocenters. The third kappa shape index (κ3) is 3.29. The van der Waals surface area contributed by atoms with Crippen molar-refractivity contribution in [1.29, 1.82) is 0 Å². The molecule has 1 N–H and O–H groups in total. The number of benzene rings is 1. The molecule has 0 radical (unpaired) electrons. The SMILES string of the molecule is Cc1cccc(CNc2nc(C(C)(C)C)ns2)c1. The normalized spacial score (nSPS) is 11.6. The van der Waals surface area contributed by atoms with E-state index in [4.69, 9.17) is 0 Å². The van der Waals surface area contributed by atoms with Gasteiger partial charge in [-0.15, -0.1) is 0 Å². The molecule has 0 saturated carbocycles. The predicted molar refractivity (Wildman–Crippen MR) is 77.1 cm³/mol. The number of anilines is 1. The van der Waals surface area contributed by atoms with Gasteiger partial charge in [-0.1, -0.05) is 50.6 Å². The van der Waals surface area contributed by atoms with Crippen LogP contribution < -0.4 is 5.32 Å². The van der Waals surface area contributed by atoms with Crippen molar-refractivity contribution in [3.05, 3.63) is 41.2 Å². The van der Waals surface area contributed by atoms with Crippen LogP contribution in [0.4, 0.5) is 5.13 Å². The van der Waals surface area contributed by atoms with E-state index in [2.05, 4.69) is 66.6 Å². The number of aromatic nitrogens is 2. The molecule has 1 aromatic heterocycles. The lowest BCUT2D eigenvalue weighted by atomic mass is 9.96. The van der Waals surface area contributed by atoms with Crippen molar-refractivity contribution in [2.75, 3.05) is 5.32 Å². The van der Waals surface area contributed by atoms with Gasteiger partial charge in [0.2, 0.25) is 5.13 Å². The standard InChI is InChI=1S/C14H19N3S/c1-10-6-5-7-11(8-10)9-15-13-16-12(17-18-13)14(2,3)4/h5-8H,9H2,1-4H3,(H,15,16,17). The van der Waals surface area contributed by atoms with Gasteiger partial charge in [0.25, 0.3) is 0 Å². The topological polar surface area (TPSA) is 37.8 Å². The molecule has 1 heterocycles. The summed E-state index contributed by atoms with van der Waals surface area (Å²) in [5, 5.41) is 4.22. The van der Waals surface area contributed by atoms with Crippen molar-refractivity contribution >= 4 is 16.7 Å². The monoisotopic (exact) mass is 261 g/mol. The van der Waals surface area contributed by atoms with E-state index >= 15 is 0 Å². The number of hydrogen-bond donors (Lipinski definition) is 1. The maximum Gasteiger partial charge on any atom is 0.202 e. The van der Waals surface area contributed by atoms with Crippen LogP contribution in [0, 0.1) is 6.92 Å². The van der Waals surface area contributed by atoms with Crippen molar-refractivity contribution in [2.24, 2.45) is 0 Å². The molecule has 2 rings (SSSR count). The number of hydrogen-bond acceptors (Lipinski definition) is 4. The summed E-state index contributed by atoms with van der Waals surface area (Å²) in [6, 6.07) is 8.48. The van der Waals surface area contributed by atoms with E-state index < -0.39 is 0 Å². The van der Waals surface area contributed by atoms with Crippen LogP contribution in [0.3, 0.4) is 0 Å². The van der Waals surface area contributed by atoms with Crippen LogP contribution in [0.5, 0.6) is 0 Å². The Balaban J connectivity index is 2.01. The van der Waals surface area contributed by atoms with E-state index in [1.165, 1.54) is 22.7 Å². The van der Waals surface area contributed by atoms with Crippen molar-refractivity contribution in [3.63, 3.8) is 0 Å². The Labute approximate surface area is 112 Å². The second kappa shape index (κ2) is 5.06. The van der Waals surface area contributed by atoms with Crippen LogP contribution >= 0.6 is 11.5 Å². The third-order valence-electron chi connectivity index (χ3n) is 2.62. The second-order valence-electron chi connectivity index (χ2n) is 5.52. The lowest BCUT2D eigenvalue weighted by Crippen LogP contribution is -2.13. The molecule has 0 unspecified atom stereocenters. The molecule has 0 spiro atoms. The molecule has 0 amide bonds. The highest BCUT2D eigenvalue weighted by atomic mass is 32.1. The minimum Gasteiger partial charge on any atom is -0.356 e. The van der Waals surface area contributed by atoms with Gasteiger partial charge in [-0.3, -0.25) is 0 Å². The fraction of sp³-hybridized carbons (Fsp3) is 0.429. The van der Waals surface area contributed by atoms with Gasteiger partial charge in [0.15, 0.2) is 0 Å². The minimum absolute atomic E-state index is 0.0137. The van der Waals surface area contributed by atoms with E-state index in [9.17, 15) is 0 Å². The zero-order valence-electron chi connectivity index (χ0n) is 11.3. The van der Waals surface area contributed by atoms with Gasteiger partial charge in [0.1, 0.15) is 5.82 Å². The Kier molecular flexibility index (Phi) is 3.66. The highest BCUT2D eigenvalue weighted by Gasteiger charge is 2.19. The molecule has 1 aromatic carbocycles. The van der Waals surface area contributed by atoms with E-state index in [1.807, 2.05) is 0 Å². The van der Waals surface area contributed by atoms with Crippen LogP contribution in [0.15, 0.2) is 24.3 Å². The second-order valence-corrected chi connectivity index (χ2v) is 6.27. The fourth-order valence-electron chi connectivity index (χ4n) is 1.60. The molecular weight excluding hydrogens is 242 g/mol. The van der Waals surface area contributed by atoms with Gasteiger partial charge in [-0.2, -0.15) is 4.37 Å². The first-order valence-electron chi connectivity index (χ1n) is 6.09. The van der Waals surface area contributed by atoms with Gasteiger partial charge >= 0.3 is 0 Å². The lowest BCUT2D eigenvalue weighted by molar-refractivity contribution is 0.555. The summed E-state index contributed by atoms with van der Waals surface area (Å²) in [6.07, 6.45) is 0. The molecule has 0 fully saturated rings. The van der Waals surface area contributed by atoms with E-state index in [1.54, 1.807) is 0 Å². The summed E-state index contributed by atoms with van der Waals surface area (Å²) in [5.74, 6) is 0.902. The molecule has 0 aliphatic heterocycles. The molecule has 0 aliphatic carbocycles. The van der Waals surface area contributed by atoms with Gasteiger partial charge in [-0.25, -0.2) is 4.98 Å². The highest BCUT2D eigenvalue weighted by Crippen LogP contribution is 2.23. The van der Waals surface area contributed by atoms with Crippen molar-refractivity contribution in [1.82, 2.24) is 9.36 Å². The molecule has 96 valence electrons. The van der Waals surface area contributed by atoms with Gasteiger partial charge < -0.3 is 5.32 Å². The van der Waals surface area contributed by atoms with Crippen molar-refractivity contribution < 1.29 is 0 Å². The van der Waals surface area contributed by atoms with E-state index in [-0.39, 0.29) is 5.41 Å². The van der Waals surface area contributed by atoms with Gasteiger partial charge in [-0.05, 0) is 12.5 Å². The number of nitrogens with zero attached hydrogens (tertiary/aromatic N) is 2. The summed E-state index contributed by atoms with van der Waals surface area (Å²) in [7, 11) is 0. The molecule has 0 bridgehead atoms. The van der Waals surface area contributed by atoms with Crippen LogP contribution in [-0.4, -0.2) is 9.36 Å².